The molecule has 1 amide bonds. The number of amides is 1. The number of nitrogens with one attached hydrogen (secondary N) is 1. The maximum atomic E-state index is 11.9. The Labute approximate surface area is 143 Å². The van der Waals surface area contributed by atoms with E-state index in [4.69, 9.17) is 15.2 Å². The second kappa shape index (κ2) is 7.53. The number of fused-ring (bicyclic) bond motifs is 1. The van der Waals surface area contributed by atoms with Crippen LogP contribution in [0.5, 0.6) is 5.75 Å². The van der Waals surface area contributed by atoms with E-state index in [9.17, 15) is 4.79 Å². The van der Waals surface area contributed by atoms with Gasteiger partial charge in [0, 0.05) is 24.4 Å². The minimum absolute atomic E-state index is 0.00618. The molecule has 0 saturated carbocycles. The van der Waals surface area contributed by atoms with E-state index < -0.39 is 11.7 Å². The van der Waals surface area contributed by atoms with Crippen LogP contribution in [0.25, 0.3) is 10.8 Å². The molecule has 1 atom stereocenters. The highest BCUT2D eigenvalue weighted by Crippen LogP contribution is 2.31. The fraction of sp³-hybridized carbons (Fsp3) is 0.421. The number of benzene rings is 2. The van der Waals surface area contributed by atoms with Gasteiger partial charge < -0.3 is 20.5 Å². The van der Waals surface area contributed by atoms with Crippen molar-refractivity contribution in [1.29, 1.82) is 0 Å². The lowest BCUT2D eigenvalue weighted by Gasteiger charge is -2.22. The van der Waals surface area contributed by atoms with Gasteiger partial charge in [0.05, 0.1) is 7.11 Å². The third-order valence-electron chi connectivity index (χ3n) is 3.75. The molecule has 0 aromatic heterocycles. The van der Waals surface area contributed by atoms with E-state index in [2.05, 4.69) is 5.32 Å². The Balaban J connectivity index is 2.22. The van der Waals surface area contributed by atoms with Gasteiger partial charge >= 0.3 is 6.09 Å². The van der Waals surface area contributed by atoms with E-state index in [1.54, 1.807) is 7.11 Å². The summed E-state index contributed by atoms with van der Waals surface area (Å²) in [6.07, 6.45) is -0.432. The van der Waals surface area contributed by atoms with Crippen LogP contribution in [0, 0.1) is 0 Å². The number of carbonyl (C=O) groups excluding carboxylic acids is 1. The van der Waals surface area contributed by atoms with E-state index in [1.807, 2.05) is 57.2 Å². The number of hydrogen-bond acceptors (Lipinski definition) is 4. The molecule has 2 aromatic carbocycles. The van der Waals surface area contributed by atoms with E-state index in [0.717, 1.165) is 22.1 Å². The lowest BCUT2D eigenvalue weighted by atomic mass is 9.93. The first-order valence-corrected chi connectivity index (χ1v) is 8.08. The van der Waals surface area contributed by atoms with E-state index in [1.165, 1.54) is 0 Å². The highest BCUT2D eigenvalue weighted by molar-refractivity contribution is 5.91. The summed E-state index contributed by atoms with van der Waals surface area (Å²) in [6.45, 7) is 6.35. The van der Waals surface area contributed by atoms with Crippen molar-refractivity contribution in [3.8, 4) is 5.75 Å². The molecule has 0 saturated heterocycles. The summed E-state index contributed by atoms with van der Waals surface area (Å²) in [5, 5.41) is 4.93. The predicted molar refractivity (Wildman–Crippen MR) is 96.5 cm³/mol. The number of ether oxygens (including phenoxy) is 2. The molecule has 0 spiro atoms. The molecule has 3 N–H and O–H groups in total. The van der Waals surface area contributed by atoms with Gasteiger partial charge in [-0.05, 0) is 37.8 Å². The van der Waals surface area contributed by atoms with Crippen LogP contribution in [0.4, 0.5) is 4.79 Å². The summed E-state index contributed by atoms with van der Waals surface area (Å²) in [5.74, 6) is 0.818. The predicted octanol–water partition coefficient (Wildman–Crippen LogP) is 3.42. The Morgan fingerprint density at radius 2 is 1.83 bits per heavy atom. The van der Waals surface area contributed by atoms with Gasteiger partial charge in [0.2, 0.25) is 0 Å². The fourth-order valence-electron chi connectivity index (χ4n) is 2.67. The first-order valence-electron chi connectivity index (χ1n) is 8.08. The van der Waals surface area contributed by atoms with Crippen molar-refractivity contribution in [2.75, 3.05) is 20.2 Å². The fourth-order valence-corrected chi connectivity index (χ4v) is 2.67. The zero-order valence-corrected chi connectivity index (χ0v) is 14.8. The van der Waals surface area contributed by atoms with Crippen molar-refractivity contribution >= 4 is 16.9 Å². The molecule has 0 aliphatic rings. The summed E-state index contributed by atoms with van der Waals surface area (Å²) in [5.41, 5.74) is 6.53. The molecule has 2 aromatic rings. The zero-order chi connectivity index (χ0) is 17.7. The first kappa shape index (κ1) is 18.1. The maximum Gasteiger partial charge on any atom is 0.407 e. The van der Waals surface area contributed by atoms with Gasteiger partial charge in [0.15, 0.2) is 0 Å². The monoisotopic (exact) mass is 330 g/mol. The number of rotatable bonds is 5. The third-order valence-corrected chi connectivity index (χ3v) is 3.75. The van der Waals surface area contributed by atoms with Crippen molar-refractivity contribution < 1.29 is 14.3 Å². The molecular formula is C19H26N2O3. The highest BCUT2D eigenvalue weighted by Gasteiger charge is 2.19. The molecular weight excluding hydrogens is 304 g/mol. The molecule has 5 heteroatoms. The summed E-state index contributed by atoms with van der Waals surface area (Å²) in [7, 11) is 1.66. The van der Waals surface area contributed by atoms with Crippen molar-refractivity contribution in [3.05, 3.63) is 42.0 Å². The Morgan fingerprint density at radius 3 is 2.42 bits per heavy atom. The van der Waals surface area contributed by atoms with E-state index in [-0.39, 0.29) is 5.92 Å². The number of alkyl carbamates (subject to hydrolysis) is 1. The van der Waals surface area contributed by atoms with Crippen molar-refractivity contribution in [2.24, 2.45) is 5.73 Å². The number of nitrogens with two attached hydrogens (primary N) is 1. The smallest absolute Gasteiger partial charge is 0.407 e. The van der Waals surface area contributed by atoms with Crippen LogP contribution in [-0.4, -0.2) is 31.9 Å². The normalized spacial score (nSPS) is 12.7. The van der Waals surface area contributed by atoms with Crippen LogP contribution in [0.2, 0.25) is 0 Å². The van der Waals surface area contributed by atoms with E-state index in [0.29, 0.717) is 13.1 Å². The summed E-state index contributed by atoms with van der Waals surface area (Å²) >= 11 is 0. The van der Waals surface area contributed by atoms with Gasteiger partial charge in [-0.3, -0.25) is 0 Å². The Kier molecular flexibility index (Phi) is 5.67. The summed E-state index contributed by atoms with van der Waals surface area (Å²) in [4.78, 5) is 11.9. The number of hydrogen-bond donors (Lipinski definition) is 2. The summed E-state index contributed by atoms with van der Waals surface area (Å²) in [6, 6.07) is 12.0. The molecule has 0 aliphatic carbocycles. The molecule has 0 heterocycles. The Hall–Kier alpha value is -2.27. The van der Waals surface area contributed by atoms with Gasteiger partial charge in [-0.25, -0.2) is 4.79 Å². The average molecular weight is 330 g/mol. The Morgan fingerprint density at radius 1 is 1.17 bits per heavy atom. The topological polar surface area (TPSA) is 73.6 Å². The van der Waals surface area contributed by atoms with Gasteiger partial charge in [-0.2, -0.15) is 0 Å². The van der Waals surface area contributed by atoms with Crippen molar-refractivity contribution in [3.63, 3.8) is 0 Å². The Bertz CT molecular complexity index is 707. The molecule has 130 valence electrons. The van der Waals surface area contributed by atoms with Crippen LogP contribution in [-0.2, 0) is 4.74 Å². The lowest BCUT2D eigenvalue weighted by molar-refractivity contribution is 0.0525. The zero-order valence-electron chi connectivity index (χ0n) is 14.8. The second-order valence-corrected chi connectivity index (χ2v) is 6.72. The maximum absolute atomic E-state index is 11.9. The van der Waals surface area contributed by atoms with Gasteiger partial charge in [0.25, 0.3) is 0 Å². The SMILES string of the molecule is COc1ccc(C(CN)CNC(=O)OC(C)(C)C)c2ccccc12. The molecule has 0 radical (unpaired) electrons. The highest BCUT2D eigenvalue weighted by atomic mass is 16.6. The molecule has 5 nitrogen and oxygen atoms in total. The standard InChI is InChI=1S/C19H26N2O3/c1-19(2,3)24-18(22)21-12-13(11-20)14-9-10-17(23-4)16-8-6-5-7-15(14)16/h5-10,13H,11-12,20H2,1-4H3,(H,21,22). The first-order chi connectivity index (χ1) is 11.4. The van der Waals surface area contributed by atoms with Crippen LogP contribution >= 0.6 is 0 Å². The molecule has 0 aliphatic heterocycles. The largest absolute Gasteiger partial charge is 0.496 e. The lowest BCUT2D eigenvalue weighted by Crippen LogP contribution is -2.36. The second-order valence-electron chi connectivity index (χ2n) is 6.72. The van der Waals surface area contributed by atoms with Crippen LogP contribution < -0.4 is 15.8 Å². The number of carbonyl (C=O) groups is 1. The van der Waals surface area contributed by atoms with Crippen molar-refractivity contribution in [2.45, 2.75) is 32.3 Å². The summed E-state index contributed by atoms with van der Waals surface area (Å²) < 4.78 is 10.7. The third kappa shape index (κ3) is 4.38. The van der Waals surface area contributed by atoms with Crippen LogP contribution in [0.3, 0.4) is 0 Å². The van der Waals surface area contributed by atoms with Gasteiger partial charge in [-0.15, -0.1) is 0 Å². The molecule has 0 bridgehead atoms. The molecule has 0 fully saturated rings. The quantitative estimate of drug-likeness (QED) is 0.881. The van der Waals surface area contributed by atoms with Crippen LogP contribution in [0.15, 0.2) is 36.4 Å². The number of methoxy groups -OCH3 is 1. The average Bonchev–Trinajstić information content (AvgIpc) is 2.53. The molecule has 24 heavy (non-hydrogen) atoms. The van der Waals surface area contributed by atoms with Gasteiger partial charge in [0.1, 0.15) is 11.4 Å². The van der Waals surface area contributed by atoms with E-state index >= 15 is 0 Å². The van der Waals surface area contributed by atoms with Crippen LogP contribution in [0.1, 0.15) is 32.3 Å². The minimum atomic E-state index is -0.519. The van der Waals surface area contributed by atoms with Gasteiger partial charge in [-0.1, -0.05) is 30.3 Å². The molecule has 2 rings (SSSR count). The minimum Gasteiger partial charge on any atom is -0.496 e. The van der Waals surface area contributed by atoms with Crippen molar-refractivity contribution in [1.82, 2.24) is 5.32 Å². The molecule has 1 unspecified atom stereocenters.